The van der Waals surface area contributed by atoms with E-state index in [0.29, 0.717) is 12.1 Å². The van der Waals surface area contributed by atoms with Crippen LogP contribution >= 0.6 is 0 Å². The molecule has 18 heavy (non-hydrogen) atoms. The first-order chi connectivity index (χ1) is 8.59. The second-order valence-corrected chi connectivity index (χ2v) is 4.96. The second kappa shape index (κ2) is 3.83. The van der Waals surface area contributed by atoms with Crippen LogP contribution in [-0.2, 0) is 4.79 Å². The van der Waals surface area contributed by atoms with Gasteiger partial charge in [-0.05, 0) is 26.2 Å². The molecule has 0 aliphatic carbocycles. The van der Waals surface area contributed by atoms with E-state index in [1.165, 1.54) is 6.39 Å². The molecule has 3 atom stereocenters. The van der Waals surface area contributed by atoms with Gasteiger partial charge in [0.05, 0.1) is 11.6 Å². The fourth-order valence-electron chi connectivity index (χ4n) is 3.20. The van der Waals surface area contributed by atoms with Gasteiger partial charge in [-0.15, -0.1) is 0 Å². The summed E-state index contributed by atoms with van der Waals surface area (Å²) in [5.74, 6) is -1.23. The number of aryl methyl sites for hydroxylation is 1. The number of aliphatic carboxylic acids is 1. The third-order valence-corrected chi connectivity index (χ3v) is 4.03. The van der Waals surface area contributed by atoms with Gasteiger partial charge in [0.15, 0.2) is 6.39 Å². The molecule has 2 aliphatic rings. The lowest BCUT2D eigenvalue weighted by Gasteiger charge is -2.21. The van der Waals surface area contributed by atoms with Crippen LogP contribution in [0.2, 0.25) is 0 Å². The standard InChI is InChI=1S/C12H14N2O4/c1-6-10(18-5-13-6)11(15)14-7-2-3-9(14)8(4-7)12(16)17/h5,7-9H,2-4H2,1H3,(H,16,17). The average Bonchev–Trinajstić information content (AvgIpc) is 3.01. The topological polar surface area (TPSA) is 83.6 Å². The Hall–Kier alpha value is -1.85. The second-order valence-electron chi connectivity index (χ2n) is 4.96. The lowest BCUT2D eigenvalue weighted by atomic mass is 9.89. The Balaban J connectivity index is 1.88. The van der Waals surface area contributed by atoms with Gasteiger partial charge < -0.3 is 14.4 Å². The first-order valence-corrected chi connectivity index (χ1v) is 6.05. The van der Waals surface area contributed by atoms with Crippen LogP contribution in [0.1, 0.15) is 35.5 Å². The number of aromatic nitrogens is 1. The molecule has 1 N–H and O–H groups in total. The van der Waals surface area contributed by atoms with Crippen molar-refractivity contribution in [2.24, 2.45) is 5.92 Å². The molecule has 0 aromatic carbocycles. The molecular formula is C12H14N2O4. The molecule has 1 amide bonds. The van der Waals surface area contributed by atoms with Gasteiger partial charge in [-0.1, -0.05) is 0 Å². The molecule has 3 unspecified atom stereocenters. The molecule has 3 heterocycles. The molecule has 2 aliphatic heterocycles. The summed E-state index contributed by atoms with van der Waals surface area (Å²) < 4.78 is 5.11. The molecule has 2 bridgehead atoms. The maximum Gasteiger partial charge on any atom is 0.308 e. The van der Waals surface area contributed by atoms with Crippen molar-refractivity contribution in [1.82, 2.24) is 9.88 Å². The smallest absolute Gasteiger partial charge is 0.308 e. The summed E-state index contributed by atoms with van der Waals surface area (Å²) in [6.07, 6.45) is 3.45. The van der Waals surface area contributed by atoms with Gasteiger partial charge in [-0.2, -0.15) is 0 Å². The highest BCUT2D eigenvalue weighted by molar-refractivity contribution is 5.94. The molecule has 2 fully saturated rings. The van der Waals surface area contributed by atoms with E-state index in [1.54, 1.807) is 11.8 Å². The third-order valence-electron chi connectivity index (χ3n) is 4.03. The maximum atomic E-state index is 12.4. The van der Waals surface area contributed by atoms with Crippen LogP contribution in [0.5, 0.6) is 0 Å². The van der Waals surface area contributed by atoms with E-state index >= 15 is 0 Å². The molecule has 0 saturated carbocycles. The Kier molecular flexibility index (Phi) is 2.39. The van der Waals surface area contributed by atoms with E-state index in [9.17, 15) is 9.59 Å². The van der Waals surface area contributed by atoms with Gasteiger partial charge in [0, 0.05) is 12.1 Å². The van der Waals surface area contributed by atoms with Crippen LogP contribution in [-0.4, -0.2) is 39.0 Å². The van der Waals surface area contributed by atoms with Crippen molar-refractivity contribution in [1.29, 1.82) is 0 Å². The molecule has 96 valence electrons. The van der Waals surface area contributed by atoms with Crippen molar-refractivity contribution in [3.63, 3.8) is 0 Å². The summed E-state index contributed by atoms with van der Waals surface area (Å²) >= 11 is 0. The number of nitrogens with zero attached hydrogens (tertiary/aromatic N) is 2. The summed E-state index contributed by atoms with van der Waals surface area (Å²) in [4.78, 5) is 29.1. The predicted octanol–water partition coefficient (Wildman–Crippen LogP) is 1.06. The molecule has 6 heteroatoms. The summed E-state index contributed by atoms with van der Waals surface area (Å²) in [7, 11) is 0. The van der Waals surface area contributed by atoms with Gasteiger partial charge in [0.1, 0.15) is 0 Å². The third kappa shape index (κ3) is 1.45. The van der Waals surface area contributed by atoms with E-state index in [1.807, 2.05) is 0 Å². The van der Waals surface area contributed by atoms with E-state index < -0.39 is 11.9 Å². The molecule has 0 spiro atoms. The minimum absolute atomic E-state index is 0.0353. The molecule has 3 rings (SSSR count). The summed E-state index contributed by atoms with van der Waals surface area (Å²) in [6, 6.07) is -0.155. The van der Waals surface area contributed by atoms with Crippen LogP contribution in [0.15, 0.2) is 10.8 Å². The molecule has 1 aromatic rings. The largest absolute Gasteiger partial charge is 0.481 e. The number of amides is 1. The Morgan fingerprint density at radius 1 is 1.50 bits per heavy atom. The number of fused-ring (bicyclic) bond motifs is 2. The number of rotatable bonds is 2. The van der Waals surface area contributed by atoms with Crippen molar-refractivity contribution >= 4 is 11.9 Å². The summed E-state index contributed by atoms with van der Waals surface area (Å²) in [6.45, 7) is 1.71. The number of hydrogen-bond acceptors (Lipinski definition) is 4. The number of carbonyl (C=O) groups excluding carboxylic acids is 1. The van der Waals surface area contributed by atoms with Crippen LogP contribution in [0.3, 0.4) is 0 Å². The van der Waals surface area contributed by atoms with Crippen LogP contribution in [0.4, 0.5) is 0 Å². The summed E-state index contributed by atoms with van der Waals surface area (Å²) in [5, 5.41) is 9.15. The fourth-order valence-corrected chi connectivity index (χ4v) is 3.20. The van der Waals surface area contributed by atoms with E-state index in [2.05, 4.69) is 4.98 Å². The zero-order chi connectivity index (χ0) is 12.9. The Morgan fingerprint density at radius 2 is 2.28 bits per heavy atom. The van der Waals surface area contributed by atoms with Crippen molar-refractivity contribution in [2.45, 2.75) is 38.3 Å². The first-order valence-electron chi connectivity index (χ1n) is 6.05. The number of oxazole rings is 1. The average molecular weight is 250 g/mol. The first kappa shape index (κ1) is 11.3. The van der Waals surface area contributed by atoms with Crippen LogP contribution in [0.25, 0.3) is 0 Å². The highest BCUT2D eigenvalue weighted by Gasteiger charge is 2.52. The molecule has 6 nitrogen and oxygen atoms in total. The Labute approximate surface area is 104 Å². The van der Waals surface area contributed by atoms with Crippen LogP contribution in [0, 0.1) is 12.8 Å². The van der Waals surface area contributed by atoms with Gasteiger partial charge in [-0.25, -0.2) is 4.98 Å². The van der Waals surface area contributed by atoms with Gasteiger partial charge in [0.2, 0.25) is 5.76 Å². The highest BCUT2D eigenvalue weighted by atomic mass is 16.4. The zero-order valence-corrected chi connectivity index (χ0v) is 10.00. The van der Waals surface area contributed by atoms with Gasteiger partial charge in [-0.3, -0.25) is 9.59 Å². The quantitative estimate of drug-likeness (QED) is 0.848. The maximum absolute atomic E-state index is 12.4. The number of carboxylic acids is 1. The number of carboxylic acid groups (broad SMARTS) is 1. The normalized spacial score (nSPS) is 29.8. The zero-order valence-electron chi connectivity index (χ0n) is 10.00. The minimum atomic E-state index is -0.811. The van der Waals surface area contributed by atoms with Crippen molar-refractivity contribution in [3.8, 4) is 0 Å². The lowest BCUT2D eigenvalue weighted by Crippen LogP contribution is -2.38. The van der Waals surface area contributed by atoms with Gasteiger partial charge >= 0.3 is 5.97 Å². The number of hydrogen-bond donors (Lipinski definition) is 1. The number of carbonyl (C=O) groups is 2. The van der Waals surface area contributed by atoms with E-state index in [0.717, 1.165) is 12.8 Å². The van der Waals surface area contributed by atoms with Crippen LogP contribution < -0.4 is 0 Å². The van der Waals surface area contributed by atoms with Crippen molar-refractivity contribution in [2.75, 3.05) is 0 Å². The molecule has 0 radical (unpaired) electrons. The lowest BCUT2D eigenvalue weighted by molar-refractivity contribution is -0.142. The molecular weight excluding hydrogens is 236 g/mol. The van der Waals surface area contributed by atoms with E-state index in [4.69, 9.17) is 9.52 Å². The predicted molar refractivity (Wildman–Crippen MR) is 60.0 cm³/mol. The van der Waals surface area contributed by atoms with Gasteiger partial charge in [0.25, 0.3) is 5.91 Å². The summed E-state index contributed by atoms with van der Waals surface area (Å²) in [5.41, 5.74) is 0.554. The molecule has 2 saturated heterocycles. The monoisotopic (exact) mass is 250 g/mol. The molecule has 1 aromatic heterocycles. The SMILES string of the molecule is Cc1ncoc1C(=O)N1C2CCC1C(C(=O)O)C2. The van der Waals surface area contributed by atoms with Crippen molar-refractivity contribution in [3.05, 3.63) is 17.8 Å². The Bertz CT molecular complexity index is 510. The van der Waals surface area contributed by atoms with Crippen molar-refractivity contribution < 1.29 is 19.1 Å². The Morgan fingerprint density at radius 3 is 2.83 bits per heavy atom. The van der Waals surface area contributed by atoms with E-state index in [-0.39, 0.29) is 23.8 Å². The fraction of sp³-hybridized carbons (Fsp3) is 0.583. The minimum Gasteiger partial charge on any atom is -0.481 e. The highest BCUT2D eigenvalue weighted by Crippen LogP contribution is 2.42.